The third-order valence-electron chi connectivity index (χ3n) is 3.04. The second-order valence-corrected chi connectivity index (χ2v) is 4.56. The lowest BCUT2D eigenvalue weighted by atomic mass is 10.1. The van der Waals surface area contributed by atoms with Gasteiger partial charge in [0, 0.05) is 17.7 Å². The third kappa shape index (κ3) is 3.42. The van der Waals surface area contributed by atoms with Crippen molar-refractivity contribution in [3.05, 3.63) is 70.3 Å². The van der Waals surface area contributed by atoms with Crippen LogP contribution in [0.15, 0.2) is 36.4 Å². The van der Waals surface area contributed by atoms with Gasteiger partial charge in [-0.05, 0) is 42.8 Å². The Morgan fingerprint density at radius 3 is 2.57 bits per heavy atom. The fourth-order valence-electron chi connectivity index (χ4n) is 1.82. The van der Waals surface area contributed by atoms with Gasteiger partial charge in [-0.3, -0.25) is 4.79 Å². The summed E-state index contributed by atoms with van der Waals surface area (Å²) in [4.78, 5) is 11.9. The van der Waals surface area contributed by atoms with Gasteiger partial charge in [-0.2, -0.15) is 5.26 Å². The molecule has 0 atom stereocenters. The Morgan fingerprint density at radius 1 is 1.19 bits per heavy atom. The van der Waals surface area contributed by atoms with Crippen molar-refractivity contribution < 1.29 is 13.6 Å². The molecular formula is C16H12F2N2O. The first kappa shape index (κ1) is 14.7. The van der Waals surface area contributed by atoms with Crippen molar-refractivity contribution in [1.29, 1.82) is 5.26 Å². The lowest BCUT2D eigenvalue weighted by Crippen LogP contribution is -2.23. The molecule has 1 N–H and O–H groups in total. The van der Waals surface area contributed by atoms with E-state index in [4.69, 9.17) is 5.26 Å². The second-order valence-electron chi connectivity index (χ2n) is 4.56. The minimum atomic E-state index is -0.551. The van der Waals surface area contributed by atoms with E-state index in [0.29, 0.717) is 11.1 Å². The van der Waals surface area contributed by atoms with E-state index in [1.165, 1.54) is 30.3 Å². The lowest BCUT2D eigenvalue weighted by Gasteiger charge is -2.07. The van der Waals surface area contributed by atoms with Crippen molar-refractivity contribution in [3.63, 3.8) is 0 Å². The highest BCUT2D eigenvalue weighted by Gasteiger charge is 2.09. The SMILES string of the molecule is Cc1cc(C(=O)NCc2ccc(C#N)cc2F)ccc1F. The van der Waals surface area contributed by atoms with E-state index in [9.17, 15) is 13.6 Å². The molecule has 21 heavy (non-hydrogen) atoms. The average Bonchev–Trinajstić information content (AvgIpc) is 2.48. The summed E-state index contributed by atoms with van der Waals surface area (Å²) in [5.74, 6) is -1.35. The van der Waals surface area contributed by atoms with E-state index >= 15 is 0 Å². The van der Waals surface area contributed by atoms with Gasteiger partial charge >= 0.3 is 0 Å². The predicted molar refractivity (Wildman–Crippen MR) is 73.4 cm³/mol. The van der Waals surface area contributed by atoms with Crippen LogP contribution < -0.4 is 5.32 Å². The average molecular weight is 286 g/mol. The quantitative estimate of drug-likeness (QED) is 0.942. The molecule has 0 bridgehead atoms. The van der Waals surface area contributed by atoms with Gasteiger partial charge in [0.2, 0.25) is 0 Å². The van der Waals surface area contributed by atoms with Gasteiger partial charge in [0.15, 0.2) is 0 Å². The number of aryl methyl sites for hydroxylation is 1. The molecule has 0 aromatic heterocycles. The highest BCUT2D eigenvalue weighted by molar-refractivity contribution is 5.94. The molecule has 106 valence electrons. The molecule has 5 heteroatoms. The first-order valence-corrected chi connectivity index (χ1v) is 6.24. The highest BCUT2D eigenvalue weighted by Crippen LogP contribution is 2.11. The van der Waals surface area contributed by atoms with Crippen molar-refractivity contribution in [2.24, 2.45) is 0 Å². The van der Waals surface area contributed by atoms with Crippen LogP contribution in [0, 0.1) is 29.9 Å². The maximum Gasteiger partial charge on any atom is 0.251 e. The van der Waals surface area contributed by atoms with Crippen LogP contribution in [-0.2, 0) is 6.54 Å². The number of amides is 1. The van der Waals surface area contributed by atoms with Gasteiger partial charge < -0.3 is 5.32 Å². The van der Waals surface area contributed by atoms with Gasteiger partial charge in [-0.1, -0.05) is 6.07 Å². The normalized spacial score (nSPS) is 10.0. The van der Waals surface area contributed by atoms with Crippen LogP contribution in [0.3, 0.4) is 0 Å². The van der Waals surface area contributed by atoms with E-state index in [0.717, 1.165) is 6.07 Å². The fraction of sp³-hybridized carbons (Fsp3) is 0.125. The maximum absolute atomic E-state index is 13.7. The molecule has 0 fully saturated rings. The van der Waals surface area contributed by atoms with Crippen molar-refractivity contribution in [3.8, 4) is 6.07 Å². The molecule has 0 aliphatic heterocycles. The Morgan fingerprint density at radius 2 is 1.95 bits per heavy atom. The molecule has 0 unspecified atom stereocenters. The predicted octanol–water partition coefficient (Wildman–Crippen LogP) is 3.07. The minimum Gasteiger partial charge on any atom is -0.348 e. The molecule has 0 aliphatic rings. The van der Waals surface area contributed by atoms with Gasteiger partial charge in [0.1, 0.15) is 11.6 Å². The molecule has 0 saturated heterocycles. The molecule has 1 amide bonds. The van der Waals surface area contributed by atoms with E-state index in [1.807, 2.05) is 6.07 Å². The summed E-state index contributed by atoms with van der Waals surface area (Å²) < 4.78 is 26.8. The maximum atomic E-state index is 13.7. The van der Waals surface area contributed by atoms with Crippen LogP contribution in [0.4, 0.5) is 8.78 Å². The van der Waals surface area contributed by atoms with Crippen LogP contribution in [0.5, 0.6) is 0 Å². The molecule has 2 aromatic rings. The number of halogens is 2. The Balaban J connectivity index is 2.07. The summed E-state index contributed by atoms with van der Waals surface area (Å²) in [6, 6.07) is 9.89. The second kappa shape index (κ2) is 6.14. The molecule has 2 aromatic carbocycles. The molecule has 0 radical (unpaired) electrons. The summed E-state index contributed by atoms with van der Waals surface area (Å²) in [5.41, 5.74) is 1.17. The first-order valence-electron chi connectivity index (χ1n) is 6.24. The van der Waals surface area contributed by atoms with Crippen molar-refractivity contribution in [2.45, 2.75) is 13.5 Å². The smallest absolute Gasteiger partial charge is 0.251 e. The number of nitriles is 1. The summed E-state index contributed by atoms with van der Waals surface area (Å²) in [6.45, 7) is 1.55. The Hall–Kier alpha value is -2.74. The van der Waals surface area contributed by atoms with Gasteiger partial charge in [-0.15, -0.1) is 0 Å². The van der Waals surface area contributed by atoms with Crippen molar-refractivity contribution in [2.75, 3.05) is 0 Å². The van der Waals surface area contributed by atoms with Crippen LogP contribution in [0.25, 0.3) is 0 Å². The largest absolute Gasteiger partial charge is 0.348 e. The van der Waals surface area contributed by atoms with Crippen molar-refractivity contribution >= 4 is 5.91 Å². The summed E-state index contributed by atoms with van der Waals surface area (Å²) >= 11 is 0. The number of rotatable bonds is 3. The number of benzene rings is 2. The van der Waals surface area contributed by atoms with Crippen LogP contribution in [-0.4, -0.2) is 5.91 Å². The zero-order chi connectivity index (χ0) is 15.4. The number of carbonyl (C=O) groups is 1. The topological polar surface area (TPSA) is 52.9 Å². The summed E-state index contributed by atoms with van der Waals surface area (Å²) in [5, 5.41) is 11.2. The van der Waals surface area contributed by atoms with Gasteiger partial charge in [0.25, 0.3) is 5.91 Å². The standard InChI is InChI=1S/C16H12F2N2O/c1-10-6-12(4-5-14(10)17)16(21)20-9-13-3-2-11(8-19)7-15(13)18/h2-7H,9H2,1H3,(H,20,21). The molecule has 0 saturated carbocycles. The van der Waals surface area contributed by atoms with Gasteiger partial charge in [-0.25, -0.2) is 8.78 Å². The van der Waals surface area contributed by atoms with E-state index in [-0.39, 0.29) is 23.5 Å². The lowest BCUT2D eigenvalue weighted by molar-refractivity contribution is 0.0950. The Kier molecular flexibility index (Phi) is 4.29. The fourth-order valence-corrected chi connectivity index (χ4v) is 1.82. The first-order chi connectivity index (χ1) is 10.0. The Bertz CT molecular complexity index is 736. The monoisotopic (exact) mass is 286 g/mol. The third-order valence-corrected chi connectivity index (χ3v) is 3.04. The number of hydrogen-bond donors (Lipinski definition) is 1. The molecular weight excluding hydrogens is 274 g/mol. The zero-order valence-electron chi connectivity index (χ0n) is 11.3. The van der Waals surface area contributed by atoms with Crippen LogP contribution in [0.2, 0.25) is 0 Å². The van der Waals surface area contributed by atoms with E-state index in [2.05, 4.69) is 5.32 Å². The zero-order valence-corrected chi connectivity index (χ0v) is 11.3. The Labute approximate surface area is 120 Å². The number of nitrogens with one attached hydrogen (secondary N) is 1. The van der Waals surface area contributed by atoms with E-state index < -0.39 is 11.7 Å². The summed E-state index contributed by atoms with van der Waals surface area (Å²) in [6.07, 6.45) is 0. The summed E-state index contributed by atoms with van der Waals surface area (Å²) in [7, 11) is 0. The molecule has 3 nitrogen and oxygen atoms in total. The number of carbonyl (C=O) groups excluding carboxylic acids is 1. The van der Waals surface area contributed by atoms with Gasteiger partial charge in [0.05, 0.1) is 11.6 Å². The molecule has 0 spiro atoms. The van der Waals surface area contributed by atoms with Crippen molar-refractivity contribution in [1.82, 2.24) is 5.32 Å². The number of hydrogen-bond acceptors (Lipinski definition) is 2. The molecule has 2 rings (SSSR count). The minimum absolute atomic E-state index is 0.00714. The van der Waals surface area contributed by atoms with E-state index in [1.54, 1.807) is 6.92 Å². The molecule has 0 aliphatic carbocycles. The number of nitrogens with zero attached hydrogens (tertiary/aromatic N) is 1. The van der Waals surface area contributed by atoms with Crippen LogP contribution in [0.1, 0.15) is 27.0 Å². The molecule has 0 heterocycles. The highest BCUT2D eigenvalue weighted by atomic mass is 19.1. The van der Waals surface area contributed by atoms with Crippen LogP contribution >= 0.6 is 0 Å².